The van der Waals surface area contributed by atoms with E-state index >= 15 is 0 Å². The number of ether oxygens (including phenoxy) is 1. The van der Waals surface area contributed by atoms with E-state index < -0.39 is 6.10 Å². The van der Waals surface area contributed by atoms with Crippen molar-refractivity contribution in [3.63, 3.8) is 0 Å². The van der Waals surface area contributed by atoms with Crippen molar-refractivity contribution in [2.45, 2.75) is 33.1 Å². The molecule has 1 atom stereocenters. The zero-order valence-electron chi connectivity index (χ0n) is 13.0. The van der Waals surface area contributed by atoms with Gasteiger partial charge < -0.3 is 20.3 Å². The normalized spacial score (nSPS) is 12.2. The van der Waals surface area contributed by atoms with Gasteiger partial charge >= 0.3 is 0 Å². The molecule has 0 aliphatic rings. The first-order valence-corrected chi connectivity index (χ1v) is 7.41. The highest BCUT2D eigenvalue weighted by Crippen LogP contribution is 2.18. The van der Waals surface area contributed by atoms with Gasteiger partial charge in [0, 0.05) is 30.5 Å². The third-order valence-corrected chi connectivity index (χ3v) is 3.37. The molecule has 1 aromatic heterocycles. The van der Waals surface area contributed by atoms with Crippen LogP contribution in [0.2, 0.25) is 0 Å². The first-order chi connectivity index (χ1) is 10.6. The van der Waals surface area contributed by atoms with E-state index in [1.54, 1.807) is 0 Å². The highest BCUT2D eigenvalue weighted by molar-refractivity contribution is 5.46. The Hall–Kier alpha value is -2.05. The number of hydrogen-bond acceptors (Lipinski definition) is 5. The third-order valence-electron chi connectivity index (χ3n) is 3.37. The van der Waals surface area contributed by atoms with Crippen molar-refractivity contribution in [2.24, 2.45) is 0 Å². The molecule has 0 bridgehead atoms. The second kappa shape index (κ2) is 7.82. The molecule has 0 aliphatic heterocycles. The molecule has 2 rings (SSSR count). The van der Waals surface area contributed by atoms with E-state index in [2.05, 4.69) is 17.3 Å². The molecule has 0 spiro atoms. The van der Waals surface area contributed by atoms with Crippen LogP contribution in [0, 0.1) is 6.92 Å². The molecular formula is C16H23N3O3. The Bertz CT molecular complexity index is 581. The lowest BCUT2D eigenvalue weighted by molar-refractivity contribution is 0.105. The van der Waals surface area contributed by atoms with Gasteiger partial charge in [0.05, 0.1) is 18.4 Å². The number of rotatable bonds is 8. The monoisotopic (exact) mass is 305 g/mol. The van der Waals surface area contributed by atoms with Crippen molar-refractivity contribution in [1.82, 2.24) is 9.78 Å². The van der Waals surface area contributed by atoms with Crippen LogP contribution in [0.4, 0.5) is 5.69 Å². The van der Waals surface area contributed by atoms with Crippen LogP contribution in [-0.4, -0.2) is 39.2 Å². The number of nitrogens with one attached hydrogen (secondary N) is 1. The summed E-state index contributed by atoms with van der Waals surface area (Å²) in [5, 5.41) is 25.5. The molecule has 0 saturated carbocycles. The summed E-state index contributed by atoms with van der Waals surface area (Å²) in [7, 11) is 0. The van der Waals surface area contributed by atoms with Crippen molar-refractivity contribution < 1.29 is 14.9 Å². The molecule has 0 amide bonds. The van der Waals surface area contributed by atoms with E-state index in [1.165, 1.54) is 0 Å². The minimum Gasteiger partial charge on any atom is -0.489 e. The van der Waals surface area contributed by atoms with Gasteiger partial charge in [0.1, 0.15) is 12.4 Å². The number of benzene rings is 1. The van der Waals surface area contributed by atoms with Crippen LogP contribution in [0.15, 0.2) is 30.5 Å². The second-order valence-electron chi connectivity index (χ2n) is 5.13. The lowest BCUT2D eigenvalue weighted by Gasteiger charge is -2.11. The molecule has 1 aromatic carbocycles. The van der Waals surface area contributed by atoms with E-state index in [4.69, 9.17) is 9.84 Å². The van der Waals surface area contributed by atoms with Gasteiger partial charge in [-0.25, -0.2) is 0 Å². The maximum Gasteiger partial charge on any atom is 0.119 e. The summed E-state index contributed by atoms with van der Waals surface area (Å²) < 4.78 is 7.66. The molecule has 6 nitrogen and oxygen atoms in total. The van der Waals surface area contributed by atoms with Gasteiger partial charge in [-0.2, -0.15) is 5.10 Å². The van der Waals surface area contributed by atoms with Gasteiger partial charge in [0.15, 0.2) is 0 Å². The maximum atomic E-state index is 9.29. The number of nitrogens with zero attached hydrogens (tertiary/aromatic N) is 2. The lowest BCUT2D eigenvalue weighted by Crippen LogP contribution is -2.22. The summed E-state index contributed by atoms with van der Waals surface area (Å²) in [6, 6.07) is 7.49. The van der Waals surface area contributed by atoms with Crippen LogP contribution in [0.5, 0.6) is 5.75 Å². The van der Waals surface area contributed by atoms with Gasteiger partial charge in [0.2, 0.25) is 0 Å². The Morgan fingerprint density at radius 1 is 1.32 bits per heavy atom. The third kappa shape index (κ3) is 4.47. The molecular weight excluding hydrogens is 282 g/mol. The van der Waals surface area contributed by atoms with E-state index in [-0.39, 0.29) is 6.61 Å². The fourth-order valence-electron chi connectivity index (χ4n) is 1.99. The molecule has 1 unspecified atom stereocenters. The van der Waals surface area contributed by atoms with Crippen molar-refractivity contribution >= 4 is 5.69 Å². The highest BCUT2D eigenvalue weighted by atomic mass is 16.5. The average Bonchev–Trinajstić information content (AvgIpc) is 2.91. The number of aliphatic hydroxyl groups is 2. The van der Waals surface area contributed by atoms with Crippen LogP contribution in [0.3, 0.4) is 0 Å². The Morgan fingerprint density at radius 3 is 2.64 bits per heavy atom. The summed E-state index contributed by atoms with van der Waals surface area (Å²) in [6.45, 7) is 5.43. The van der Waals surface area contributed by atoms with Crippen LogP contribution >= 0.6 is 0 Å². The molecule has 120 valence electrons. The van der Waals surface area contributed by atoms with Crippen LogP contribution in [-0.2, 0) is 13.2 Å². The Labute approximate surface area is 130 Å². The topological polar surface area (TPSA) is 79.5 Å². The van der Waals surface area contributed by atoms with Gasteiger partial charge in [-0.1, -0.05) is 0 Å². The average molecular weight is 305 g/mol. The van der Waals surface area contributed by atoms with Crippen LogP contribution in [0.25, 0.3) is 0 Å². The van der Waals surface area contributed by atoms with Gasteiger partial charge in [-0.05, 0) is 38.1 Å². The smallest absolute Gasteiger partial charge is 0.119 e. The summed E-state index contributed by atoms with van der Waals surface area (Å²) >= 11 is 0. The number of anilines is 1. The van der Waals surface area contributed by atoms with Gasteiger partial charge in [0.25, 0.3) is 0 Å². The fourth-order valence-corrected chi connectivity index (χ4v) is 1.99. The molecule has 2 aromatic rings. The summed E-state index contributed by atoms with van der Waals surface area (Å²) in [5.41, 5.74) is 2.93. The maximum absolute atomic E-state index is 9.29. The SMILES string of the molecule is CCn1cc(COc2ccc(NCC(O)CO)cc2)c(C)n1. The van der Waals surface area contributed by atoms with Crippen molar-refractivity contribution in [1.29, 1.82) is 0 Å². The van der Waals surface area contributed by atoms with Gasteiger partial charge in [-0.3, -0.25) is 4.68 Å². The van der Waals surface area contributed by atoms with E-state index in [0.717, 1.165) is 29.2 Å². The zero-order valence-corrected chi connectivity index (χ0v) is 13.0. The van der Waals surface area contributed by atoms with Crippen molar-refractivity contribution in [2.75, 3.05) is 18.5 Å². The van der Waals surface area contributed by atoms with Crippen LogP contribution in [0.1, 0.15) is 18.2 Å². The Balaban J connectivity index is 1.87. The second-order valence-corrected chi connectivity index (χ2v) is 5.13. The minimum absolute atomic E-state index is 0.251. The number of aryl methyl sites for hydroxylation is 2. The molecule has 0 radical (unpaired) electrons. The molecule has 1 heterocycles. The largest absolute Gasteiger partial charge is 0.489 e. The van der Waals surface area contributed by atoms with Crippen LogP contribution < -0.4 is 10.1 Å². The molecule has 0 fully saturated rings. The highest BCUT2D eigenvalue weighted by Gasteiger charge is 2.05. The number of hydrogen-bond donors (Lipinski definition) is 3. The summed E-state index contributed by atoms with van der Waals surface area (Å²) in [5.74, 6) is 0.775. The first-order valence-electron chi connectivity index (χ1n) is 7.41. The molecule has 0 aliphatic carbocycles. The van der Waals surface area contributed by atoms with Crippen molar-refractivity contribution in [3.8, 4) is 5.75 Å². The van der Waals surface area contributed by atoms with E-state index in [0.29, 0.717) is 13.2 Å². The predicted octanol–water partition coefficient (Wildman–Crippen LogP) is 1.56. The lowest BCUT2D eigenvalue weighted by atomic mass is 10.2. The van der Waals surface area contributed by atoms with E-state index in [9.17, 15) is 5.11 Å². The molecule has 0 saturated heterocycles. The standard InChI is InChI=1S/C16H23N3O3/c1-3-19-9-13(12(2)18-19)11-22-16-6-4-14(5-7-16)17-8-15(21)10-20/h4-7,9,15,17,20-21H,3,8,10-11H2,1-2H3. The molecule has 6 heteroatoms. The fraction of sp³-hybridized carbons (Fsp3) is 0.438. The minimum atomic E-state index is -0.756. The van der Waals surface area contributed by atoms with E-state index in [1.807, 2.05) is 42.1 Å². The quantitative estimate of drug-likeness (QED) is 0.689. The molecule has 22 heavy (non-hydrogen) atoms. The number of aromatic nitrogens is 2. The summed E-state index contributed by atoms with van der Waals surface area (Å²) in [6.07, 6.45) is 1.25. The van der Waals surface area contributed by atoms with Gasteiger partial charge in [-0.15, -0.1) is 0 Å². The zero-order chi connectivity index (χ0) is 15.9. The predicted molar refractivity (Wildman–Crippen MR) is 85.0 cm³/mol. The number of aliphatic hydroxyl groups excluding tert-OH is 2. The summed E-state index contributed by atoms with van der Waals surface area (Å²) in [4.78, 5) is 0. The molecule has 3 N–H and O–H groups in total. The van der Waals surface area contributed by atoms with Crippen molar-refractivity contribution in [3.05, 3.63) is 41.7 Å². The Morgan fingerprint density at radius 2 is 2.05 bits per heavy atom. The first kappa shape index (κ1) is 16.3. The Kier molecular flexibility index (Phi) is 5.80.